The number of ether oxygens (including phenoxy) is 2. The van der Waals surface area contributed by atoms with Crippen LogP contribution in [0.25, 0.3) is 0 Å². The Morgan fingerprint density at radius 1 is 1.09 bits per heavy atom. The van der Waals surface area contributed by atoms with Gasteiger partial charge in [-0.2, -0.15) is 0 Å². The summed E-state index contributed by atoms with van der Waals surface area (Å²) in [5.41, 5.74) is 1.06. The van der Waals surface area contributed by atoms with Crippen molar-refractivity contribution in [1.82, 2.24) is 20.2 Å². The average Bonchev–Trinajstić information content (AvgIpc) is 3.36. The SMILES string of the molecule is CCNC(=NCc1cccc(OC)c1OC1CCCC1)N1CCN(c2ncccn2)CC1. The second-order valence-corrected chi connectivity index (χ2v) is 8.17. The van der Waals surface area contributed by atoms with Crippen LogP contribution in [0.4, 0.5) is 5.95 Å². The molecule has 2 fully saturated rings. The van der Waals surface area contributed by atoms with E-state index in [1.54, 1.807) is 19.5 Å². The number of piperazine rings is 1. The van der Waals surface area contributed by atoms with Crippen molar-refractivity contribution in [1.29, 1.82) is 0 Å². The number of para-hydroxylation sites is 1. The highest BCUT2D eigenvalue weighted by molar-refractivity contribution is 5.80. The minimum Gasteiger partial charge on any atom is -0.493 e. The van der Waals surface area contributed by atoms with Crippen LogP contribution >= 0.6 is 0 Å². The molecule has 32 heavy (non-hydrogen) atoms. The first-order chi connectivity index (χ1) is 15.8. The Hall–Kier alpha value is -3.03. The maximum absolute atomic E-state index is 6.38. The van der Waals surface area contributed by atoms with Crippen LogP contribution in [0.3, 0.4) is 0 Å². The summed E-state index contributed by atoms with van der Waals surface area (Å²) in [6.07, 6.45) is 8.54. The Morgan fingerprint density at radius 2 is 1.84 bits per heavy atom. The molecule has 8 heteroatoms. The van der Waals surface area contributed by atoms with Gasteiger partial charge in [-0.25, -0.2) is 15.0 Å². The third-order valence-electron chi connectivity index (χ3n) is 6.02. The fourth-order valence-corrected chi connectivity index (χ4v) is 4.31. The normalized spacial score (nSPS) is 17.5. The molecule has 2 aliphatic rings. The average molecular weight is 439 g/mol. The number of rotatable bonds is 7. The largest absolute Gasteiger partial charge is 0.493 e. The molecule has 2 heterocycles. The molecular weight excluding hydrogens is 404 g/mol. The zero-order chi connectivity index (χ0) is 22.2. The van der Waals surface area contributed by atoms with Gasteiger partial charge in [-0.15, -0.1) is 0 Å². The number of methoxy groups -OCH3 is 1. The van der Waals surface area contributed by atoms with E-state index in [2.05, 4.69) is 38.1 Å². The predicted octanol–water partition coefficient (Wildman–Crippen LogP) is 3.09. The van der Waals surface area contributed by atoms with Crippen molar-refractivity contribution in [2.24, 2.45) is 4.99 Å². The summed E-state index contributed by atoms with van der Waals surface area (Å²) in [6.45, 7) is 6.94. The van der Waals surface area contributed by atoms with E-state index >= 15 is 0 Å². The molecule has 4 rings (SSSR count). The molecule has 0 bridgehead atoms. The van der Waals surface area contributed by atoms with Crippen molar-refractivity contribution in [2.75, 3.05) is 44.7 Å². The lowest BCUT2D eigenvalue weighted by molar-refractivity contribution is 0.198. The van der Waals surface area contributed by atoms with Crippen molar-refractivity contribution in [3.63, 3.8) is 0 Å². The molecule has 2 aromatic rings. The summed E-state index contributed by atoms with van der Waals surface area (Å²) in [6, 6.07) is 7.91. The van der Waals surface area contributed by atoms with Gasteiger partial charge in [0, 0.05) is 50.7 Å². The van der Waals surface area contributed by atoms with Crippen LogP contribution in [0.15, 0.2) is 41.7 Å². The van der Waals surface area contributed by atoms with Crippen LogP contribution in [0.2, 0.25) is 0 Å². The number of nitrogens with zero attached hydrogens (tertiary/aromatic N) is 5. The van der Waals surface area contributed by atoms with Gasteiger partial charge in [-0.1, -0.05) is 12.1 Å². The highest BCUT2D eigenvalue weighted by atomic mass is 16.5. The Labute approximate surface area is 190 Å². The summed E-state index contributed by atoms with van der Waals surface area (Å²) >= 11 is 0. The number of nitrogens with one attached hydrogen (secondary N) is 1. The van der Waals surface area contributed by atoms with E-state index in [-0.39, 0.29) is 6.10 Å². The van der Waals surface area contributed by atoms with Crippen LogP contribution in [-0.2, 0) is 6.54 Å². The number of hydrogen-bond acceptors (Lipinski definition) is 6. The summed E-state index contributed by atoms with van der Waals surface area (Å²) in [5, 5.41) is 3.45. The number of guanidine groups is 1. The molecule has 172 valence electrons. The number of aliphatic imine (C=N–C) groups is 1. The minimum absolute atomic E-state index is 0.274. The van der Waals surface area contributed by atoms with Gasteiger partial charge in [0.1, 0.15) is 0 Å². The number of benzene rings is 1. The van der Waals surface area contributed by atoms with E-state index in [0.717, 1.165) is 74.5 Å². The topological polar surface area (TPSA) is 75.1 Å². The van der Waals surface area contributed by atoms with E-state index in [0.29, 0.717) is 6.54 Å². The Bertz CT molecular complexity index is 877. The molecular formula is C24H34N6O2. The van der Waals surface area contributed by atoms with Crippen LogP contribution in [0.5, 0.6) is 11.5 Å². The highest BCUT2D eigenvalue weighted by Crippen LogP contribution is 2.35. The van der Waals surface area contributed by atoms with E-state index in [1.165, 1.54) is 12.8 Å². The Morgan fingerprint density at radius 3 is 2.53 bits per heavy atom. The van der Waals surface area contributed by atoms with Crippen molar-refractivity contribution >= 4 is 11.9 Å². The fourth-order valence-electron chi connectivity index (χ4n) is 4.31. The molecule has 1 saturated heterocycles. The van der Waals surface area contributed by atoms with Crippen molar-refractivity contribution in [2.45, 2.75) is 45.3 Å². The monoisotopic (exact) mass is 438 g/mol. The second-order valence-electron chi connectivity index (χ2n) is 8.17. The zero-order valence-corrected chi connectivity index (χ0v) is 19.2. The van der Waals surface area contributed by atoms with Gasteiger partial charge >= 0.3 is 0 Å². The lowest BCUT2D eigenvalue weighted by atomic mass is 10.1. The van der Waals surface area contributed by atoms with Crippen LogP contribution < -0.4 is 19.7 Å². The van der Waals surface area contributed by atoms with Crippen LogP contribution in [0, 0.1) is 0 Å². The molecule has 0 radical (unpaired) electrons. The number of aromatic nitrogens is 2. The minimum atomic E-state index is 0.274. The summed E-state index contributed by atoms with van der Waals surface area (Å²) < 4.78 is 12.0. The Balaban J connectivity index is 1.45. The standard InChI is InChI=1S/C24H34N6O2/c1-3-25-23(29-14-16-30(17-15-29)24-26-12-7-13-27-24)28-18-19-8-6-11-21(31-2)22(19)32-20-9-4-5-10-20/h6-8,11-13,20H,3-5,9-10,14-18H2,1-2H3,(H,25,28). The first kappa shape index (κ1) is 22.2. The Kier molecular flexibility index (Phi) is 7.64. The maximum atomic E-state index is 6.38. The molecule has 1 aromatic carbocycles. The van der Waals surface area contributed by atoms with E-state index in [1.807, 2.05) is 18.2 Å². The smallest absolute Gasteiger partial charge is 0.225 e. The van der Waals surface area contributed by atoms with Crippen molar-refractivity contribution in [3.05, 3.63) is 42.2 Å². The predicted molar refractivity (Wildman–Crippen MR) is 127 cm³/mol. The van der Waals surface area contributed by atoms with Gasteiger partial charge in [-0.05, 0) is 44.7 Å². The van der Waals surface area contributed by atoms with Gasteiger partial charge < -0.3 is 24.6 Å². The van der Waals surface area contributed by atoms with E-state index < -0.39 is 0 Å². The second kappa shape index (κ2) is 11.0. The first-order valence-electron chi connectivity index (χ1n) is 11.7. The zero-order valence-electron chi connectivity index (χ0n) is 19.2. The molecule has 0 atom stereocenters. The quantitative estimate of drug-likeness (QED) is 0.526. The van der Waals surface area contributed by atoms with Crippen molar-refractivity contribution < 1.29 is 9.47 Å². The molecule has 1 aromatic heterocycles. The van der Waals surface area contributed by atoms with Gasteiger partial charge in [-0.3, -0.25) is 0 Å². The molecule has 1 N–H and O–H groups in total. The van der Waals surface area contributed by atoms with Crippen LogP contribution in [-0.4, -0.2) is 66.8 Å². The number of anilines is 1. The molecule has 1 aliphatic carbocycles. The molecule has 0 unspecified atom stereocenters. The van der Waals surface area contributed by atoms with Gasteiger partial charge in [0.25, 0.3) is 0 Å². The van der Waals surface area contributed by atoms with Gasteiger partial charge in [0.05, 0.1) is 19.8 Å². The lowest BCUT2D eigenvalue weighted by Gasteiger charge is -2.36. The van der Waals surface area contributed by atoms with Crippen molar-refractivity contribution in [3.8, 4) is 11.5 Å². The van der Waals surface area contributed by atoms with Gasteiger partial charge in [0.2, 0.25) is 5.95 Å². The van der Waals surface area contributed by atoms with E-state index in [4.69, 9.17) is 14.5 Å². The van der Waals surface area contributed by atoms with Crippen LogP contribution in [0.1, 0.15) is 38.2 Å². The first-order valence-corrected chi connectivity index (χ1v) is 11.7. The molecule has 0 spiro atoms. The molecule has 1 aliphatic heterocycles. The summed E-state index contributed by atoms with van der Waals surface area (Å²) in [7, 11) is 1.70. The van der Waals surface area contributed by atoms with E-state index in [9.17, 15) is 0 Å². The maximum Gasteiger partial charge on any atom is 0.225 e. The molecule has 0 amide bonds. The van der Waals surface area contributed by atoms with Gasteiger partial charge in [0.15, 0.2) is 17.5 Å². The lowest BCUT2D eigenvalue weighted by Crippen LogP contribution is -2.53. The summed E-state index contributed by atoms with van der Waals surface area (Å²) in [4.78, 5) is 18.2. The highest BCUT2D eigenvalue weighted by Gasteiger charge is 2.23. The summed E-state index contributed by atoms with van der Waals surface area (Å²) in [5.74, 6) is 3.34. The third kappa shape index (κ3) is 5.41. The third-order valence-corrected chi connectivity index (χ3v) is 6.02. The fraction of sp³-hybridized carbons (Fsp3) is 0.542. The molecule has 1 saturated carbocycles. The molecule has 8 nitrogen and oxygen atoms in total. The number of hydrogen-bond donors (Lipinski definition) is 1.